The molecular formula is C12H15ClF3NO2S. The molecule has 0 saturated heterocycles. The van der Waals surface area contributed by atoms with Crippen LogP contribution in [0.5, 0.6) is 0 Å². The molecule has 0 spiro atoms. The second-order valence-corrected chi connectivity index (χ2v) is 6.80. The first-order valence-electron chi connectivity index (χ1n) is 5.87. The molecule has 114 valence electrons. The Morgan fingerprint density at radius 3 is 2.30 bits per heavy atom. The highest BCUT2D eigenvalue weighted by Gasteiger charge is 2.30. The first-order valence-corrected chi connectivity index (χ1v) is 7.79. The van der Waals surface area contributed by atoms with Crippen LogP contribution in [0.4, 0.5) is 13.2 Å². The third-order valence-electron chi connectivity index (χ3n) is 2.53. The second-order valence-electron chi connectivity index (χ2n) is 4.42. The lowest BCUT2D eigenvalue weighted by atomic mass is 10.2. The Bertz CT molecular complexity index is 529. The van der Waals surface area contributed by atoms with E-state index in [2.05, 4.69) is 4.72 Å². The fraction of sp³-hybridized carbons (Fsp3) is 0.500. The third kappa shape index (κ3) is 6.11. The zero-order chi connectivity index (χ0) is 15.4. The molecule has 0 amide bonds. The maximum Gasteiger partial charge on any atom is 0.390 e. The molecular weight excluding hydrogens is 315 g/mol. The fourth-order valence-corrected chi connectivity index (χ4v) is 2.84. The molecule has 1 atom stereocenters. The largest absolute Gasteiger partial charge is 0.390 e. The summed E-state index contributed by atoms with van der Waals surface area (Å²) in [6.45, 7) is 1.68. The number of aryl methyl sites for hydroxylation is 1. The third-order valence-corrected chi connectivity index (χ3v) is 4.38. The van der Waals surface area contributed by atoms with E-state index in [0.29, 0.717) is 0 Å². The van der Waals surface area contributed by atoms with Crippen molar-refractivity contribution in [2.45, 2.75) is 36.2 Å². The van der Waals surface area contributed by atoms with Crippen LogP contribution < -0.4 is 4.72 Å². The van der Waals surface area contributed by atoms with Crippen molar-refractivity contribution in [2.75, 3.05) is 6.54 Å². The minimum atomic E-state index is -4.34. The normalized spacial score (nSPS) is 14.2. The summed E-state index contributed by atoms with van der Waals surface area (Å²) in [5, 5.41) is -1.14. The van der Waals surface area contributed by atoms with E-state index in [-0.39, 0.29) is 17.9 Å². The molecule has 0 aliphatic carbocycles. The Morgan fingerprint density at radius 1 is 1.25 bits per heavy atom. The topological polar surface area (TPSA) is 46.2 Å². The lowest BCUT2D eigenvalue weighted by Gasteiger charge is -2.12. The van der Waals surface area contributed by atoms with E-state index in [1.165, 1.54) is 12.1 Å². The number of sulfonamides is 1. The Balaban J connectivity index is 2.50. The standard InChI is InChI=1S/C12H15ClF3NO2S/c1-9-2-4-11(5-3-9)20(18,19)17-7-6-10(13)8-12(14,15)16/h2-5,10,17H,6-8H2,1H3. The Morgan fingerprint density at radius 2 is 1.80 bits per heavy atom. The summed E-state index contributed by atoms with van der Waals surface area (Å²) in [4.78, 5) is 0.0741. The van der Waals surface area contributed by atoms with E-state index in [1.54, 1.807) is 12.1 Å². The number of hydrogen-bond acceptors (Lipinski definition) is 2. The van der Waals surface area contributed by atoms with Gasteiger partial charge in [-0.05, 0) is 25.5 Å². The van der Waals surface area contributed by atoms with Crippen molar-refractivity contribution in [1.29, 1.82) is 0 Å². The predicted octanol–water partition coefficient (Wildman–Crippen LogP) is 3.22. The van der Waals surface area contributed by atoms with Crippen molar-refractivity contribution in [3.63, 3.8) is 0 Å². The van der Waals surface area contributed by atoms with Crippen molar-refractivity contribution in [3.05, 3.63) is 29.8 Å². The van der Waals surface area contributed by atoms with Crippen molar-refractivity contribution < 1.29 is 21.6 Å². The van der Waals surface area contributed by atoms with E-state index in [9.17, 15) is 21.6 Å². The molecule has 0 bridgehead atoms. The maximum absolute atomic E-state index is 12.0. The van der Waals surface area contributed by atoms with Gasteiger partial charge >= 0.3 is 6.18 Å². The van der Waals surface area contributed by atoms with Crippen molar-refractivity contribution >= 4 is 21.6 Å². The summed E-state index contributed by atoms with van der Waals surface area (Å²) in [5.74, 6) is 0. The number of alkyl halides is 4. The van der Waals surface area contributed by atoms with E-state index in [4.69, 9.17) is 11.6 Å². The van der Waals surface area contributed by atoms with Crippen LogP contribution in [0, 0.1) is 6.92 Å². The van der Waals surface area contributed by atoms with Gasteiger partial charge in [-0.25, -0.2) is 13.1 Å². The van der Waals surface area contributed by atoms with Gasteiger partial charge in [0.2, 0.25) is 10.0 Å². The minimum absolute atomic E-state index is 0.0741. The van der Waals surface area contributed by atoms with Crippen LogP contribution >= 0.6 is 11.6 Å². The van der Waals surface area contributed by atoms with Crippen molar-refractivity contribution in [2.24, 2.45) is 0 Å². The summed E-state index contributed by atoms with van der Waals surface area (Å²) in [6.07, 6.45) is -5.57. The molecule has 3 nitrogen and oxygen atoms in total. The number of hydrogen-bond donors (Lipinski definition) is 1. The Hall–Kier alpha value is -0.790. The summed E-state index contributed by atoms with van der Waals surface area (Å²) >= 11 is 5.51. The predicted molar refractivity (Wildman–Crippen MR) is 71.3 cm³/mol. The van der Waals surface area contributed by atoms with Crippen LogP contribution in [0.3, 0.4) is 0 Å². The molecule has 0 saturated carbocycles. The average Bonchev–Trinajstić information content (AvgIpc) is 2.26. The molecule has 8 heteroatoms. The monoisotopic (exact) mass is 329 g/mol. The molecule has 0 heterocycles. The van der Waals surface area contributed by atoms with Gasteiger partial charge in [-0.1, -0.05) is 17.7 Å². The molecule has 0 aliphatic heterocycles. The van der Waals surface area contributed by atoms with Gasteiger partial charge in [0.15, 0.2) is 0 Å². The van der Waals surface area contributed by atoms with Gasteiger partial charge in [0.1, 0.15) is 0 Å². The summed E-state index contributed by atoms with van der Waals surface area (Å²) in [7, 11) is -3.71. The van der Waals surface area contributed by atoms with Gasteiger partial charge < -0.3 is 0 Å². The van der Waals surface area contributed by atoms with Gasteiger partial charge in [-0.3, -0.25) is 0 Å². The minimum Gasteiger partial charge on any atom is -0.211 e. The molecule has 1 aromatic rings. The lowest BCUT2D eigenvalue weighted by Crippen LogP contribution is -2.27. The highest BCUT2D eigenvalue weighted by Crippen LogP contribution is 2.25. The van der Waals surface area contributed by atoms with Gasteiger partial charge in [0.25, 0.3) is 0 Å². The molecule has 1 aromatic carbocycles. The molecule has 1 unspecified atom stereocenters. The fourth-order valence-electron chi connectivity index (χ4n) is 1.50. The van der Waals surface area contributed by atoms with Gasteiger partial charge in [0, 0.05) is 11.9 Å². The van der Waals surface area contributed by atoms with Gasteiger partial charge in [0.05, 0.1) is 11.3 Å². The van der Waals surface area contributed by atoms with Crippen LogP contribution in [0.25, 0.3) is 0 Å². The highest BCUT2D eigenvalue weighted by atomic mass is 35.5. The second kappa shape index (κ2) is 6.78. The molecule has 0 radical (unpaired) electrons. The van der Waals surface area contributed by atoms with Crippen LogP contribution in [-0.2, 0) is 10.0 Å². The van der Waals surface area contributed by atoms with E-state index in [0.717, 1.165) is 5.56 Å². The van der Waals surface area contributed by atoms with Crippen LogP contribution in [-0.4, -0.2) is 26.5 Å². The maximum atomic E-state index is 12.0. The first kappa shape index (κ1) is 17.3. The Kier molecular flexibility index (Phi) is 5.85. The molecule has 20 heavy (non-hydrogen) atoms. The number of halogens is 4. The average molecular weight is 330 g/mol. The first-order chi connectivity index (χ1) is 9.10. The number of nitrogens with one attached hydrogen (secondary N) is 1. The smallest absolute Gasteiger partial charge is 0.211 e. The molecule has 1 rings (SSSR count). The highest BCUT2D eigenvalue weighted by molar-refractivity contribution is 7.89. The quantitative estimate of drug-likeness (QED) is 0.814. The molecule has 0 aromatic heterocycles. The Labute approximate surface area is 121 Å². The van der Waals surface area contributed by atoms with E-state index < -0.39 is 28.0 Å². The number of benzene rings is 1. The van der Waals surface area contributed by atoms with Crippen molar-refractivity contribution in [3.8, 4) is 0 Å². The van der Waals surface area contributed by atoms with Crippen LogP contribution in [0.1, 0.15) is 18.4 Å². The SMILES string of the molecule is Cc1ccc(S(=O)(=O)NCCC(Cl)CC(F)(F)F)cc1. The van der Waals surface area contributed by atoms with Gasteiger partial charge in [-0.15, -0.1) is 11.6 Å². The van der Waals surface area contributed by atoms with E-state index in [1.807, 2.05) is 6.92 Å². The van der Waals surface area contributed by atoms with Crippen molar-refractivity contribution in [1.82, 2.24) is 4.72 Å². The summed E-state index contributed by atoms with van der Waals surface area (Å²) in [6, 6.07) is 6.16. The van der Waals surface area contributed by atoms with Crippen LogP contribution in [0.15, 0.2) is 29.2 Å². The molecule has 0 fully saturated rings. The van der Waals surface area contributed by atoms with Gasteiger partial charge in [-0.2, -0.15) is 13.2 Å². The zero-order valence-electron chi connectivity index (χ0n) is 10.7. The zero-order valence-corrected chi connectivity index (χ0v) is 12.3. The molecule has 1 N–H and O–H groups in total. The number of rotatable bonds is 6. The lowest BCUT2D eigenvalue weighted by molar-refractivity contribution is -0.134. The molecule has 0 aliphatic rings. The van der Waals surface area contributed by atoms with Crippen LogP contribution in [0.2, 0.25) is 0 Å². The summed E-state index contributed by atoms with van der Waals surface area (Å²) in [5.41, 5.74) is 0.912. The summed E-state index contributed by atoms with van der Waals surface area (Å²) < 4.78 is 62.0. The van der Waals surface area contributed by atoms with E-state index >= 15 is 0 Å².